The van der Waals surface area contributed by atoms with Gasteiger partial charge in [0.1, 0.15) is 5.69 Å². The van der Waals surface area contributed by atoms with Gasteiger partial charge in [-0.25, -0.2) is 9.97 Å². The minimum atomic E-state index is -0.199. The van der Waals surface area contributed by atoms with Crippen molar-refractivity contribution in [2.75, 3.05) is 51.5 Å². The first-order valence-corrected chi connectivity index (χ1v) is 9.74. The summed E-state index contributed by atoms with van der Waals surface area (Å²) in [4.78, 5) is 23.5. The first-order valence-electron chi connectivity index (χ1n) is 9.74. The summed E-state index contributed by atoms with van der Waals surface area (Å²) in [5.74, 6) is 1.70. The molecule has 2 N–H and O–H groups in total. The fourth-order valence-electron chi connectivity index (χ4n) is 3.24. The van der Waals surface area contributed by atoms with Gasteiger partial charge in [-0.2, -0.15) is 0 Å². The Bertz CT molecular complexity index is 870. The molecule has 1 aromatic heterocycles. The van der Waals surface area contributed by atoms with E-state index in [1.54, 1.807) is 6.07 Å². The predicted octanol–water partition coefficient (Wildman–Crippen LogP) is 1.19. The molecule has 0 bridgehead atoms. The van der Waals surface area contributed by atoms with Crippen LogP contribution < -0.4 is 20.1 Å². The van der Waals surface area contributed by atoms with Gasteiger partial charge >= 0.3 is 0 Å². The molecule has 1 saturated heterocycles. The smallest absolute Gasteiger partial charge is 0.270 e. The van der Waals surface area contributed by atoms with E-state index in [0.29, 0.717) is 24.7 Å². The molecular formula is C20H25N5O4. The molecular weight excluding hydrogens is 374 g/mol. The molecule has 0 aliphatic carbocycles. The molecule has 4 rings (SSSR count). The zero-order valence-corrected chi connectivity index (χ0v) is 16.4. The Morgan fingerprint density at radius 1 is 1.14 bits per heavy atom. The number of hydrogen-bond donors (Lipinski definition) is 2. The van der Waals surface area contributed by atoms with Gasteiger partial charge in [-0.1, -0.05) is 6.07 Å². The highest BCUT2D eigenvalue weighted by atomic mass is 16.7. The van der Waals surface area contributed by atoms with Crippen molar-refractivity contribution in [2.24, 2.45) is 0 Å². The number of nitrogens with one attached hydrogen (secondary N) is 2. The molecule has 9 heteroatoms. The third-order valence-electron chi connectivity index (χ3n) is 4.79. The molecule has 29 heavy (non-hydrogen) atoms. The minimum absolute atomic E-state index is 0.199. The Hall–Kier alpha value is -2.91. The van der Waals surface area contributed by atoms with E-state index >= 15 is 0 Å². The lowest BCUT2D eigenvalue weighted by atomic mass is 10.2. The molecule has 0 radical (unpaired) electrons. The van der Waals surface area contributed by atoms with Gasteiger partial charge in [-0.3, -0.25) is 9.69 Å². The van der Waals surface area contributed by atoms with Crippen molar-refractivity contribution in [3.05, 3.63) is 41.2 Å². The lowest BCUT2D eigenvalue weighted by molar-refractivity contribution is 0.0383. The maximum absolute atomic E-state index is 12.5. The number of nitrogens with zero attached hydrogens (tertiary/aromatic N) is 3. The molecule has 0 saturated carbocycles. The standard InChI is InChI=1S/C20H25N5O4/c1-14-10-16(19(26)21-4-5-25-6-8-27-9-7-25)24-20(23-14)22-12-15-2-3-17-18(11-15)29-13-28-17/h2-3,10-11H,4-9,12-13H2,1H3,(H,21,26)(H,22,23,24). The van der Waals surface area contributed by atoms with Crippen molar-refractivity contribution in [3.63, 3.8) is 0 Å². The van der Waals surface area contributed by atoms with Crippen LogP contribution in [0, 0.1) is 6.92 Å². The van der Waals surface area contributed by atoms with Crippen LogP contribution in [0.3, 0.4) is 0 Å². The van der Waals surface area contributed by atoms with E-state index in [1.807, 2.05) is 25.1 Å². The first kappa shape index (κ1) is 19.4. The highest BCUT2D eigenvalue weighted by Crippen LogP contribution is 2.32. The Kier molecular flexibility index (Phi) is 6.06. The van der Waals surface area contributed by atoms with Crippen molar-refractivity contribution in [2.45, 2.75) is 13.5 Å². The molecule has 1 fully saturated rings. The number of morpholine rings is 1. The van der Waals surface area contributed by atoms with Crippen LogP contribution in [0.5, 0.6) is 11.5 Å². The van der Waals surface area contributed by atoms with E-state index in [0.717, 1.165) is 55.6 Å². The van der Waals surface area contributed by atoms with Gasteiger partial charge in [0.25, 0.3) is 5.91 Å². The van der Waals surface area contributed by atoms with Gasteiger partial charge in [0.2, 0.25) is 12.7 Å². The monoisotopic (exact) mass is 399 g/mol. The van der Waals surface area contributed by atoms with Crippen LogP contribution >= 0.6 is 0 Å². The second kappa shape index (κ2) is 9.06. The van der Waals surface area contributed by atoms with Crippen LogP contribution in [0.25, 0.3) is 0 Å². The van der Waals surface area contributed by atoms with Gasteiger partial charge in [0, 0.05) is 38.4 Å². The molecule has 2 aromatic rings. The summed E-state index contributed by atoms with van der Waals surface area (Å²) in [6, 6.07) is 7.44. The number of aryl methyl sites for hydroxylation is 1. The van der Waals surface area contributed by atoms with Gasteiger partial charge in [-0.05, 0) is 30.7 Å². The van der Waals surface area contributed by atoms with Crippen LogP contribution in [-0.2, 0) is 11.3 Å². The molecule has 0 atom stereocenters. The second-order valence-electron chi connectivity index (χ2n) is 6.97. The number of carbonyl (C=O) groups excluding carboxylic acids is 1. The lowest BCUT2D eigenvalue weighted by Gasteiger charge is -2.26. The van der Waals surface area contributed by atoms with Crippen molar-refractivity contribution in [1.82, 2.24) is 20.2 Å². The molecule has 2 aliphatic heterocycles. The van der Waals surface area contributed by atoms with Gasteiger partial charge in [-0.15, -0.1) is 0 Å². The van der Waals surface area contributed by atoms with Crippen LogP contribution in [-0.4, -0.2) is 67.0 Å². The summed E-state index contributed by atoms with van der Waals surface area (Å²) in [5.41, 5.74) is 2.09. The summed E-state index contributed by atoms with van der Waals surface area (Å²) in [6.45, 7) is 7.27. The topological polar surface area (TPSA) is 97.8 Å². The zero-order valence-electron chi connectivity index (χ0n) is 16.4. The Balaban J connectivity index is 1.32. The zero-order chi connectivity index (χ0) is 20.1. The van der Waals surface area contributed by atoms with Crippen LogP contribution in [0.15, 0.2) is 24.3 Å². The fraction of sp³-hybridized carbons (Fsp3) is 0.450. The quantitative estimate of drug-likeness (QED) is 0.717. The predicted molar refractivity (Wildman–Crippen MR) is 106 cm³/mol. The molecule has 0 unspecified atom stereocenters. The Labute approximate surface area is 169 Å². The molecule has 1 amide bonds. The summed E-state index contributed by atoms with van der Waals surface area (Å²) in [6.07, 6.45) is 0. The first-order chi connectivity index (χ1) is 14.2. The summed E-state index contributed by atoms with van der Waals surface area (Å²) >= 11 is 0. The van der Waals surface area contributed by atoms with E-state index in [9.17, 15) is 4.79 Å². The molecule has 3 heterocycles. The third kappa shape index (κ3) is 5.12. The van der Waals surface area contributed by atoms with E-state index < -0.39 is 0 Å². The van der Waals surface area contributed by atoms with Crippen LogP contribution in [0.4, 0.5) is 5.95 Å². The fourth-order valence-corrected chi connectivity index (χ4v) is 3.24. The van der Waals surface area contributed by atoms with E-state index in [4.69, 9.17) is 14.2 Å². The summed E-state index contributed by atoms with van der Waals surface area (Å²) < 4.78 is 16.1. The van der Waals surface area contributed by atoms with E-state index in [-0.39, 0.29) is 12.7 Å². The van der Waals surface area contributed by atoms with Crippen molar-refractivity contribution >= 4 is 11.9 Å². The summed E-state index contributed by atoms with van der Waals surface area (Å²) in [7, 11) is 0. The van der Waals surface area contributed by atoms with Gasteiger partial charge in [0.15, 0.2) is 11.5 Å². The normalized spacial score (nSPS) is 15.9. The number of aromatic nitrogens is 2. The average molecular weight is 399 g/mol. The number of ether oxygens (including phenoxy) is 3. The maximum Gasteiger partial charge on any atom is 0.270 e. The highest BCUT2D eigenvalue weighted by molar-refractivity contribution is 5.92. The number of benzene rings is 1. The van der Waals surface area contributed by atoms with Gasteiger partial charge in [0.05, 0.1) is 13.2 Å². The van der Waals surface area contributed by atoms with Crippen molar-refractivity contribution < 1.29 is 19.0 Å². The number of carbonyl (C=O) groups is 1. The Morgan fingerprint density at radius 3 is 2.83 bits per heavy atom. The van der Waals surface area contributed by atoms with Crippen molar-refractivity contribution in [1.29, 1.82) is 0 Å². The van der Waals surface area contributed by atoms with E-state index in [1.165, 1.54) is 0 Å². The molecule has 2 aliphatic rings. The number of anilines is 1. The molecule has 0 spiro atoms. The summed E-state index contributed by atoms with van der Waals surface area (Å²) in [5, 5.41) is 6.11. The average Bonchev–Trinajstić information content (AvgIpc) is 3.20. The highest BCUT2D eigenvalue weighted by Gasteiger charge is 2.15. The minimum Gasteiger partial charge on any atom is -0.454 e. The van der Waals surface area contributed by atoms with Crippen LogP contribution in [0.2, 0.25) is 0 Å². The number of rotatable bonds is 7. The number of hydrogen-bond acceptors (Lipinski definition) is 8. The maximum atomic E-state index is 12.5. The molecule has 1 aromatic carbocycles. The van der Waals surface area contributed by atoms with E-state index in [2.05, 4.69) is 25.5 Å². The number of fused-ring (bicyclic) bond motifs is 1. The number of amides is 1. The second-order valence-corrected chi connectivity index (χ2v) is 6.97. The van der Waals surface area contributed by atoms with Crippen molar-refractivity contribution in [3.8, 4) is 11.5 Å². The van der Waals surface area contributed by atoms with Gasteiger partial charge < -0.3 is 24.8 Å². The molecule has 9 nitrogen and oxygen atoms in total. The SMILES string of the molecule is Cc1cc(C(=O)NCCN2CCOCC2)nc(NCc2ccc3c(c2)OCO3)n1. The third-order valence-corrected chi connectivity index (χ3v) is 4.79. The van der Waals surface area contributed by atoms with Crippen LogP contribution in [0.1, 0.15) is 21.7 Å². The largest absolute Gasteiger partial charge is 0.454 e. The molecule has 154 valence electrons. The Morgan fingerprint density at radius 2 is 1.97 bits per heavy atom. The lowest BCUT2D eigenvalue weighted by Crippen LogP contribution is -2.41.